The third-order valence-electron chi connectivity index (χ3n) is 2.86. The molecule has 0 amide bonds. The summed E-state index contributed by atoms with van der Waals surface area (Å²) in [5.41, 5.74) is 1.66. The van der Waals surface area contributed by atoms with Gasteiger partial charge in [0.25, 0.3) is 0 Å². The highest BCUT2D eigenvalue weighted by molar-refractivity contribution is 5.36. The number of benzene rings is 1. The predicted octanol–water partition coefficient (Wildman–Crippen LogP) is 2.46. The summed E-state index contributed by atoms with van der Waals surface area (Å²) in [6.45, 7) is 2.17. The summed E-state index contributed by atoms with van der Waals surface area (Å²) in [4.78, 5) is 6.44. The lowest BCUT2D eigenvalue weighted by Crippen LogP contribution is -2.24. The molecule has 0 bridgehead atoms. The van der Waals surface area contributed by atoms with Crippen LogP contribution in [0.4, 0.5) is 0 Å². The van der Waals surface area contributed by atoms with E-state index in [4.69, 9.17) is 10.00 Å². The minimum absolute atomic E-state index is 0.582. The molecule has 0 N–H and O–H groups in total. The summed E-state index contributed by atoms with van der Waals surface area (Å²) in [5, 5.41) is 8.82. The van der Waals surface area contributed by atoms with Gasteiger partial charge < -0.3 is 4.74 Å². The first kappa shape index (κ1) is 14.0. The van der Waals surface area contributed by atoms with Crippen LogP contribution >= 0.6 is 0 Å². The first-order chi connectivity index (χ1) is 9.78. The number of aromatic nitrogens is 1. The maximum Gasteiger partial charge on any atom is 0.120 e. The van der Waals surface area contributed by atoms with Crippen molar-refractivity contribution in [3.05, 3.63) is 59.9 Å². The number of ether oxygens (including phenoxy) is 1. The van der Waals surface area contributed by atoms with E-state index in [2.05, 4.69) is 16.0 Å². The van der Waals surface area contributed by atoms with Crippen molar-refractivity contribution in [1.29, 1.82) is 5.26 Å². The fourth-order valence-electron chi connectivity index (χ4n) is 1.82. The van der Waals surface area contributed by atoms with Crippen molar-refractivity contribution < 1.29 is 4.74 Å². The van der Waals surface area contributed by atoms with E-state index in [9.17, 15) is 0 Å². The molecule has 4 heteroatoms. The lowest BCUT2D eigenvalue weighted by molar-refractivity contribution is 0.231. The lowest BCUT2D eigenvalue weighted by Gasteiger charge is -2.16. The average Bonchev–Trinajstić information content (AvgIpc) is 2.48. The van der Waals surface area contributed by atoms with E-state index < -0.39 is 0 Å². The minimum atomic E-state index is 0.582. The summed E-state index contributed by atoms with van der Waals surface area (Å²) in [7, 11) is 2.03. The molecule has 102 valence electrons. The van der Waals surface area contributed by atoms with Crippen LogP contribution in [0.5, 0.6) is 5.75 Å². The Kier molecular flexibility index (Phi) is 5.10. The zero-order chi connectivity index (χ0) is 14.2. The number of hydrogen-bond acceptors (Lipinski definition) is 4. The predicted molar refractivity (Wildman–Crippen MR) is 77.2 cm³/mol. The highest BCUT2D eigenvalue weighted by Gasteiger charge is 2.02. The Hall–Kier alpha value is -2.38. The Bertz CT molecular complexity index is 578. The van der Waals surface area contributed by atoms with Crippen molar-refractivity contribution in [1.82, 2.24) is 9.88 Å². The molecule has 1 aromatic carbocycles. The number of nitriles is 1. The van der Waals surface area contributed by atoms with Gasteiger partial charge in [0, 0.05) is 19.3 Å². The fraction of sp³-hybridized carbons (Fsp3) is 0.250. The van der Waals surface area contributed by atoms with Gasteiger partial charge in [-0.1, -0.05) is 12.1 Å². The third-order valence-corrected chi connectivity index (χ3v) is 2.86. The van der Waals surface area contributed by atoms with E-state index in [1.54, 1.807) is 18.3 Å². The summed E-state index contributed by atoms with van der Waals surface area (Å²) in [5.74, 6) is 0.732. The van der Waals surface area contributed by atoms with Gasteiger partial charge in [-0.3, -0.25) is 9.88 Å². The molecule has 0 aliphatic rings. The van der Waals surface area contributed by atoms with E-state index in [1.807, 2.05) is 37.4 Å². The summed E-state index contributed by atoms with van der Waals surface area (Å²) in [6, 6.07) is 15.2. The number of likely N-dealkylation sites (N-methyl/N-ethyl adjacent to an activating group) is 1. The Morgan fingerprint density at radius 2 is 2.15 bits per heavy atom. The van der Waals surface area contributed by atoms with Crippen molar-refractivity contribution in [2.75, 3.05) is 20.2 Å². The van der Waals surface area contributed by atoms with Crippen LogP contribution in [0.25, 0.3) is 0 Å². The van der Waals surface area contributed by atoms with Gasteiger partial charge >= 0.3 is 0 Å². The molecule has 20 heavy (non-hydrogen) atoms. The van der Waals surface area contributed by atoms with Gasteiger partial charge in [0.2, 0.25) is 0 Å². The van der Waals surface area contributed by atoms with E-state index >= 15 is 0 Å². The highest BCUT2D eigenvalue weighted by atomic mass is 16.5. The van der Waals surface area contributed by atoms with Gasteiger partial charge in [-0.25, -0.2) is 0 Å². The van der Waals surface area contributed by atoms with E-state index in [1.165, 1.54) is 0 Å². The second kappa shape index (κ2) is 7.27. The molecule has 2 aromatic rings. The number of rotatable bonds is 6. The van der Waals surface area contributed by atoms with Crippen LogP contribution in [0, 0.1) is 11.3 Å². The second-order valence-corrected chi connectivity index (χ2v) is 4.55. The monoisotopic (exact) mass is 267 g/mol. The zero-order valence-corrected chi connectivity index (χ0v) is 11.5. The third kappa shape index (κ3) is 4.38. The molecule has 0 aliphatic heterocycles. The van der Waals surface area contributed by atoms with Crippen LogP contribution in [0.3, 0.4) is 0 Å². The maximum atomic E-state index is 8.82. The molecule has 0 spiro atoms. The number of hydrogen-bond donors (Lipinski definition) is 0. The van der Waals surface area contributed by atoms with Gasteiger partial charge in [0.1, 0.15) is 12.4 Å². The SMILES string of the molecule is CN(CCOc1cccc(C#N)c1)Cc1ccccn1. The molecule has 0 saturated carbocycles. The molecule has 0 atom stereocenters. The lowest BCUT2D eigenvalue weighted by atomic mass is 10.2. The quantitative estimate of drug-likeness (QED) is 0.806. The van der Waals surface area contributed by atoms with E-state index in [0.29, 0.717) is 12.2 Å². The Labute approximate surface area is 119 Å². The Morgan fingerprint density at radius 1 is 1.25 bits per heavy atom. The summed E-state index contributed by atoms with van der Waals surface area (Å²) in [6.07, 6.45) is 1.80. The van der Waals surface area contributed by atoms with Crippen molar-refractivity contribution in [2.45, 2.75) is 6.54 Å². The molecule has 2 rings (SSSR count). The fourth-order valence-corrected chi connectivity index (χ4v) is 1.82. The molecule has 0 radical (unpaired) electrons. The molecule has 1 heterocycles. The van der Waals surface area contributed by atoms with Crippen molar-refractivity contribution in [3.63, 3.8) is 0 Å². The van der Waals surface area contributed by atoms with Crippen LogP contribution in [0.1, 0.15) is 11.3 Å². The van der Waals surface area contributed by atoms with Crippen molar-refractivity contribution >= 4 is 0 Å². The molecule has 4 nitrogen and oxygen atoms in total. The topological polar surface area (TPSA) is 49.1 Å². The normalized spacial score (nSPS) is 10.2. The van der Waals surface area contributed by atoms with Crippen molar-refractivity contribution in [3.8, 4) is 11.8 Å². The van der Waals surface area contributed by atoms with Gasteiger partial charge in [0.05, 0.1) is 17.3 Å². The second-order valence-electron chi connectivity index (χ2n) is 4.55. The average molecular weight is 267 g/mol. The maximum absolute atomic E-state index is 8.82. The standard InChI is InChI=1S/C16H17N3O/c1-19(13-15-6-2-3-8-18-15)9-10-20-16-7-4-5-14(11-16)12-17/h2-8,11H,9-10,13H2,1H3. The molecular formula is C16H17N3O. The molecule has 0 aliphatic carbocycles. The van der Waals surface area contributed by atoms with Crippen LogP contribution in [-0.4, -0.2) is 30.1 Å². The molecular weight excluding hydrogens is 250 g/mol. The van der Waals surface area contributed by atoms with Gasteiger partial charge in [-0.2, -0.15) is 5.26 Å². The summed E-state index contributed by atoms with van der Waals surface area (Å²) < 4.78 is 5.64. The van der Waals surface area contributed by atoms with E-state index in [0.717, 1.165) is 24.5 Å². The molecule has 0 saturated heterocycles. The van der Waals surface area contributed by atoms with E-state index in [-0.39, 0.29) is 0 Å². The smallest absolute Gasteiger partial charge is 0.120 e. The zero-order valence-electron chi connectivity index (χ0n) is 11.5. The van der Waals surface area contributed by atoms with Crippen LogP contribution in [0.15, 0.2) is 48.7 Å². The number of nitrogens with zero attached hydrogens (tertiary/aromatic N) is 3. The van der Waals surface area contributed by atoms with Gasteiger partial charge in [-0.15, -0.1) is 0 Å². The van der Waals surface area contributed by atoms with Gasteiger partial charge in [0.15, 0.2) is 0 Å². The van der Waals surface area contributed by atoms with Gasteiger partial charge in [-0.05, 0) is 37.4 Å². The summed E-state index contributed by atoms with van der Waals surface area (Å²) >= 11 is 0. The first-order valence-electron chi connectivity index (χ1n) is 6.49. The number of pyridine rings is 1. The first-order valence-corrected chi connectivity index (χ1v) is 6.49. The minimum Gasteiger partial charge on any atom is -0.492 e. The van der Waals surface area contributed by atoms with Crippen LogP contribution < -0.4 is 4.74 Å². The Morgan fingerprint density at radius 3 is 2.90 bits per heavy atom. The molecule has 0 fully saturated rings. The Balaban J connectivity index is 1.76. The molecule has 1 aromatic heterocycles. The van der Waals surface area contributed by atoms with Crippen LogP contribution in [-0.2, 0) is 6.54 Å². The van der Waals surface area contributed by atoms with Crippen molar-refractivity contribution in [2.24, 2.45) is 0 Å². The van der Waals surface area contributed by atoms with Crippen LogP contribution in [0.2, 0.25) is 0 Å². The molecule has 0 unspecified atom stereocenters. The highest BCUT2D eigenvalue weighted by Crippen LogP contribution is 2.12. The largest absolute Gasteiger partial charge is 0.492 e.